The second kappa shape index (κ2) is 7.21. The summed E-state index contributed by atoms with van der Waals surface area (Å²) in [4.78, 5) is 24.0. The van der Waals surface area contributed by atoms with Gasteiger partial charge in [0.25, 0.3) is 0 Å². The van der Waals surface area contributed by atoms with E-state index in [1.807, 2.05) is 16.8 Å². The van der Waals surface area contributed by atoms with Crippen molar-refractivity contribution < 1.29 is 4.79 Å². The summed E-state index contributed by atoms with van der Waals surface area (Å²) in [6.07, 6.45) is 13.0. The van der Waals surface area contributed by atoms with Gasteiger partial charge in [0.15, 0.2) is 0 Å². The fraction of sp³-hybridized carbons (Fsp3) is 0.500. The third-order valence-corrected chi connectivity index (χ3v) is 4.39. The van der Waals surface area contributed by atoms with E-state index in [0.29, 0.717) is 18.2 Å². The first-order chi connectivity index (χ1) is 11.2. The Bertz CT molecular complexity index is 636. The Morgan fingerprint density at radius 1 is 1.35 bits per heavy atom. The van der Waals surface area contributed by atoms with E-state index < -0.39 is 0 Å². The minimum absolute atomic E-state index is 0.0262. The van der Waals surface area contributed by atoms with Crippen LogP contribution in [-0.2, 0) is 4.79 Å². The first kappa shape index (κ1) is 15.5. The molecule has 0 aromatic carbocycles. The predicted molar refractivity (Wildman–Crippen MR) is 87.0 cm³/mol. The van der Waals surface area contributed by atoms with E-state index in [0.717, 1.165) is 18.7 Å². The van der Waals surface area contributed by atoms with Gasteiger partial charge in [-0.2, -0.15) is 0 Å². The lowest BCUT2D eigenvalue weighted by atomic mass is 9.82. The van der Waals surface area contributed by atoms with Crippen LogP contribution in [0.1, 0.15) is 38.5 Å². The number of carbonyl (C=O) groups is 1. The molecular formula is C16H22N6O. The van der Waals surface area contributed by atoms with Gasteiger partial charge < -0.3 is 11.1 Å². The number of aromatic nitrogens is 4. The molecule has 23 heavy (non-hydrogen) atoms. The zero-order valence-corrected chi connectivity index (χ0v) is 13.1. The number of anilines is 1. The van der Waals surface area contributed by atoms with Crippen LogP contribution < -0.4 is 11.1 Å². The second-order valence-electron chi connectivity index (χ2n) is 6.05. The molecule has 0 aliphatic heterocycles. The van der Waals surface area contributed by atoms with E-state index in [-0.39, 0.29) is 11.9 Å². The van der Waals surface area contributed by atoms with Crippen LogP contribution in [-0.4, -0.2) is 31.5 Å². The van der Waals surface area contributed by atoms with Gasteiger partial charge in [-0.1, -0.05) is 19.3 Å². The Kier molecular flexibility index (Phi) is 4.85. The topological polar surface area (TPSA) is 98.7 Å². The number of hydrogen-bond donors (Lipinski definition) is 2. The van der Waals surface area contributed by atoms with Crippen molar-refractivity contribution in [3.8, 4) is 5.82 Å². The van der Waals surface area contributed by atoms with Crippen molar-refractivity contribution in [1.82, 2.24) is 19.5 Å². The maximum Gasteiger partial charge on any atom is 0.219 e. The van der Waals surface area contributed by atoms with E-state index in [9.17, 15) is 4.79 Å². The molecule has 2 aromatic rings. The average Bonchev–Trinajstić information content (AvgIpc) is 3.09. The van der Waals surface area contributed by atoms with Gasteiger partial charge in [0, 0.05) is 30.9 Å². The fourth-order valence-corrected chi connectivity index (χ4v) is 3.24. The van der Waals surface area contributed by atoms with E-state index >= 15 is 0 Å². The third kappa shape index (κ3) is 4.06. The monoisotopic (exact) mass is 314 g/mol. The predicted octanol–water partition coefficient (Wildman–Crippen LogP) is 1.90. The van der Waals surface area contributed by atoms with Gasteiger partial charge >= 0.3 is 0 Å². The molecule has 122 valence electrons. The molecule has 2 heterocycles. The van der Waals surface area contributed by atoms with Crippen LogP contribution in [0.3, 0.4) is 0 Å². The van der Waals surface area contributed by atoms with Crippen LogP contribution in [0.4, 0.5) is 5.82 Å². The molecule has 2 aromatic heterocycles. The summed E-state index contributed by atoms with van der Waals surface area (Å²) in [6, 6.07) is 1.89. The molecule has 3 N–H and O–H groups in total. The molecule has 1 aliphatic carbocycles. The zero-order valence-electron chi connectivity index (χ0n) is 13.1. The molecule has 1 fully saturated rings. The molecule has 0 saturated heterocycles. The number of amides is 1. The first-order valence-electron chi connectivity index (χ1n) is 8.07. The Morgan fingerprint density at radius 3 is 2.87 bits per heavy atom. The van der Waals surface area contributed by atoms with Crippen molar-refractivity contribution in [2.75, 3.05) is 5.32 Å². The Balaban J connectivity index is 1.76. The summed E-state index contributed by atoms with van der Waals surface area (Å²) >= 11 is 0. The molecule has 1 aliphatic rings. The van der Waals surface area contributed by atoms with Crippen molar-refractivity contribution in [2.45, 2.75) is 44.6 Å². The average molecular weight is 314 g/mol. The summed E-state index contributed by atoms with van der Waals surface area (Å²) in [7, 11) is 0. The fourth-order valence-electron chi connectivity index (χ4n) is 3.24. The number of nitrogens with zero attached hydrogens (tertiary/aromatic N) is 4. The van der Waals surface area contributed by atoms with Gasteiger partial charge in [0.05, 0.1) is 0 Å². The zero-order chi connectivity index (χ0) is 16.1. The van der Waals surface area contributed by atoms with Crippen molar-refractivity contribution >= 4 is 11.7 Å². The molecule has 1 saturated carbocycles. The van der Waals surface area contributed by atoms with Gasteiger partial charge in [-0.15, -0.1) is 0 Å². The number of carbonyl (C=O) groups excluding carboxylic acids is 1. The first-order valence-corrected chi connectivity index (χ1v) is 8.07. The van der Waals surface area contributed by atoms with Crippen molar-refractivity contribution in [3.05, 3.63) is 31.1 Å². The van der Waals surface area contributed by atoms with Crippen LogP contribution in [0.2, 0.25) is 0 Å². The number of hydrogen-bond acceptors (Lipinski definition) is 5. The Hall–Kier alpha value is -2.44. The smallest absolute Gasteiger partial charge is 0.219 e. The highest BCUT2D eigenvalue weighted by atomic mass is 16.1. The lowest BCUT2D eigenvalue weighted by Crippen LogP contribution is -2.35. The Morgan fingerprint density at radius 2 is 2.17 bits per heavy atom. The summed E-state index contributed by atoms with van der Waals surface area (Å²) in [5, 5.41) is 3.40. The Labute approximate surface area is 135 Å². The lowest BCUT2D eigenvalue weighted by Gasteiger charge is -2.30. The number of nitrogens with two attached hydrogens (primary N) is 1. The van der Waals surface area contributed by atoms with Crippen LogP contribution >= 0.6 is 0 Å². The summed E-state index contributed by atoms with van der Waals surface area (Å²) < 4.78 is 1.82. The van der Waals surface area contributed by atoms with Crippen LogP contribution in [0, 0.1) is 5.92 Å². The van der Waals surface area contributed by atoms with Crippen LogP contribution in [0.15, 0.2) is 31.1 Å². The largest absolute Gasteiger partial charge is 0.370 e. The van der Waals surface area contributed by atoms with Crippen molar-refractivity contribution in [3.63, 3.8) is 0 Å². The summed E-state index contributed by atoms with van der Waals surface area (Å²) in [5.41, 5.74) is 5.44. The standard InChI is InChI=1S/C16H22N6O/c17-14(23)8-13(12-4-2-1-3-5-12)21-15-9-16(20-10-19-15)22-7-6-18-11-22/h6-7,9-13H,1-5,8H2,(H2,17,23)(H,19,20,21)/t13-/m0/s1. The molecule has 7 nitrogen and oxygen atoms in total. The molecule has 0 bridgehead atoms. The van der Waals surface area contributed by atoms with Crippen LogP contribution in [0.25, 0.3) is 5.82 Å². The van der Waals surface area contributed by atoms with E-state index in [4.69, 9.17) is 5.73 Å². The van der Waals surface area contributed by atoms with E-state index in [1.165, 1.54) is 25.6 Å². The summed E-state index contributed by atoms with van der Waals surface area (Å²) in [5.74, 6) is 1.63. The van der Waals surface area contributed by atoms with Crippen molar-refractivity contribution in [1.29, 1.82) is 0 Å². The van der Waals surface area contributed by atoms with Crippen LogP contribution in [0.5, 0.6) is 0 Å². The van der Waals surface area contributed by atoms with Gasteiger partial charge in [-0.25, -0.2) is 15.0 Å². The quantitative estimate of drug-likeness (QED) is 0.848. The highest BCUT2D eigenvalue weighted by Crippen LogP contribution is 2.29. The molecule has 0 spiro atoms. The van der Waals surface area contributed by atoms with E-state index in [2.05, 4.69) is 20.3 Å². The highest BCUT2D eigenvalue weighted by molar-refractivity contribution is 5.75. The normalized spacial score (nSPS) is 16.9. The maximum absolute atomic E-state index is 11.4. The second-order valence-corrected chi connectivity index (χ2v) is 6.05. The van der Waals surface area contributed by atoms with Crippen molar-refractivity contribution in [2.24, 2.45) is 11.7 Å². The third-order valence-electron chi connectivity index (χ3n) is 4.39. The number of imidazole rings is 1. The van der Waals surface area contributed by atoms with Gasteiger partial charge in [0.1, 0.15) is 24.3 Å². The lowest BCUT2D eigenvalue weighted by molar-refractivity contribution is -0.118. The SMILES string of the molecule is NC(=O)C[C@H](Nc1cc(-n2ccnc2)ncn1)C1CCCCC1. The molecule has 0 unspecified atom stereocenters. The molecule has 3 rings (SSSR count). The number of rotatable bonds is 6. The molecule has 0 radical (unpaired) electrons. The minimum atomic E-state index is -0.281. The van der Waals surface area contributed by atoms with Gasteiger partial charge in [0.2, 0.25) is 5.91 Å². The maximum atomic E-state index is 11.4. The summed E-state index contributed by atoms with van der Waals surface area (Å²) in [6.45, 7) is 0. The number of nitrogens with one attached hydrogen (secondary N) is 1. The van der Waals surface area contributed by atoms with Gasteiger partial charge in [-0.3, -0.25) is 9.36 Å². The molecular weight excluding hydrogens is 292 g/mol. The van der Waals surface area contributed by atoms with E-state index in [1.54, 1.807) is 12.5 Å². The van der Waals surface area contributed by atoms with Gasteiger partial charge in [-0.05, 0) is 18.8 Å². The molecule has 1 amide bonds. The molecule has 7 heteroatoms. The number of primary amides is 1. The highest BCUT2D eigenvalue weighted by Gasteiger charge is 2.25. The minimum Gasteiger partial charge on any atom is -0.370 e. The molecule has 1 atom stereocenters.